The molecule has 0 amide bonds. The Bertz CT molecular complexity index is 1070. The van der Waals surface area contributed by atoms with E-state index >= 15 is 0 Å². The first kappa shape index (κ1) is 22.1. The lowest BCUT2D eigenvalue weighted by molar-refractivity contribution is 0.102. The van der Waals surface area contributed by atoms with Crippen LogP contribution >= 0.6 is 23.4 Å². The van der Waals surface area contributed by atoms with E-state index in [0.29, 0.717) is 29.8 Å². The third-order valence-corrected chi connectivity index (χ3v) is 6.86. The normalized spacial score (nSPS) is 13.2. The van der Waals surface area contributed by atoms with Gasteiger partial charge >= 0.3 is 0 Å². The summed E-state index contributed by atoms with van der Waals surface area (Å²) in [6, 6.07) is 13.8. The van der Waals surface area contributed by atoms with Gasteiger partial charge < -0.3 is 9.30 Å². The van der Waals surface area contributed by atoms with Crippen molar-refractivity contribution in [3.05, 3.63) is 64.2 Å². The second-order valence-corrected chi connectivity index (χ2v) is 9.04. The van der Waals surface area contributed by atoms with Crippen LogP contribution in [-0.4, -0.2) is 40.0 Å². The highest BCUT2D eigenvalue weighted by molar-refractivity contribution is 7.99. The molecule has 2 aromatic carbocycles. The fourth-order valence-electron chi connectivity index (χ4n) is 3.93. The summed E-state index contributed by atoms with van der Waals surface area (Å²) in [6.07, 6.45) is 5.45. The van der Waals surface area contributed by atoms with Crippen LogP contribution in [0, 0.1) is 0 Å². The fraction of sp³-hybridized carbons (Fsp3) is 0.375. The number of ether oxygens (including phenoxy) is 1. The Morgan fingerprint density at radius 1 is 1.13 bits per heavy atom. The summed E-state index contributed by atoms with van der Waals surface area (Å²) in [7, 11) is 1.69. The molecule has 0 spiro atoms. The Balaban J connectivity index is 1.52. The predicted molar refractivity (Wildman–Crippen MR) is 125 cm³/mol. The molecule has 1 aromatic heterocycles. The number of hydrogen-bond acceptors (Lipinski definition) is 5. The lowest BCUT2D eigenvalue weighted by atomic mass is 9.90. The maximum atomic E-state index is 12.9. The number of methoxy groups -OCH3 is 1. The van der Waals surface area contributed by atoms with Crippen LogP contribution in [0.2, 0.25) is 5.02 Å². The standard InChI is InChI=1S/C24H26ClN3O2S/c1-30-14-6-13-28-23(20-9-4-5-10-21(20)25)26-27-24(28)31-16-22(29)19-12-11-17-7-2-3-8-18(17)15-19/h4-5,9-12,15H,2-3,6-8,13-14,16H2,1H3. The molecule has 0 fully saturated rings. The minimum Gasteiger partial charge on any atom is -0.385 e. The lowest BCUT2D eigenvalue weighted by Crippen LogP contribution is -2.09. The maximum absolute atomic E-state index is 12.9. The Kier molecular flexibility index (Phi) is 7.43. The first-order chi connectivity index (χ1) is 15.2. The van der Waals surface area contributed by atoms with Crippen LogP contribution in [0.1, 0.15) is 40.7 Å². The number of halogens is 1. The molecule has 0 radical (unpaired) electrons. The van der Waals surface area contributed by atoms with E-state index in [1.807, 2.05) is 34.9 Å². The van der Waals surface area contributed by atoms with Gasteiger partial charge in [0.2, 0.25) is 0 Å². The summed E-state index contributed by atoms with van der Waals surface area (Å²) < 4.78 is 7.24. The van der Waals surface area contributed by atoms with E-state index in [2.05, 4.69) is 22.3 Å². The molecule has 3 aromatic rings. The fourth-order valence-corrected chi connectivity index (χ4v) is 5.01. The van der Waals surface area contributed by atoms with Gasteiger partial charge in [-0.3, -0.25) is 4.79 Å². The van der Waals surface area contributed by atoms with Crippen LogP contribution in [0.15, 0.2) is 47.6 Å². The van der Waals surface area contributed by atoms with Crippen molar-refractivity contribution in [2.24, 2.45) is 0 Å². The van der Waals surface area contributed by atoms with Gasteiger partial charge in [0, 0.05) is 31.4 Å². The molecular formula is C24H26ClN3O2S. The first-order valence-electron chi connectivity index (χ1n) is 10.6. The molecule has 0 atom stereocenters. The van der Waals surface area contributed by atoms with E-state index in [0.717, 1.165) is 35.5 Å². The van der Waals surface area contributed by atoms with Crippen LogP contribution in [0.25, 0.3) is 11.4 Å². The molecule has 0 N–H and O–H groups in total. The van der Waals surface area contributed by atoms with E-state index in [9.17, 15) is 4.79 Å². The first-order valence-corrected chi connectivity index (χ1v) is 12.0. The average molecular weight is 456 g/mol. The van der Waals surface area contributed by atoms with E-state index in [1.54, 1.807) is 7.11 Å². The highest BCUT2D eigenvalue weighted by Gasteiger charge is 2.18. The van der Waals surface area contributed by atoms with Gasteiger partial charge in [-0.2, -0.15) is 0 Å². The highest BCUT2D eigenvalue weighted by atomic mass is 35.5. The van der Waals surface area contributed by atoms with Gasteiger partial charge in [-0.05, 0) is 61.4 Å². The summed E-state index contributed by atoms with van der Waals surface area (Å²) in [5.41, 5.74) is 4.33. The zero-order valence-corrected chi connectivity index (χ0v) is 19.2. The van der Waals surface area contributed by atoms with Crippen molar-refractivity contribution >= 4 is 29.1 Å². The molecule has 7 heteroatoms. The predicted octanol–water partition coefficient (Wildman–Crippen LogP) is 5.49. The van der Waals surface area contributed by atoms with Crippen molar-refractivity contribution in [3.63, 3.8) is 0 Å². The molecule has 1 aliphatic rings. The summed E-state index contributed by atoms with van der Waals surface area (Å²) >= 11 is 7.82. The van der Waals surface area contributed by atoms with Gasteiger partial charge in [0.15, 0.2) is 16.8 Å². The van der Waals surface area contributed by atoms with Crippen LogP contribution in [0.3, 0.4) is 0 Å². The number of thioether (sulfide) groups is 1. The quantitative estimate of drug-likeness (QED) is 0.242. The third-order valence-electron chi connectivity index (χ3n) is 5.56. The van der Waals surface area contributed by atoms with E-state index in [4.69, 9.17) is 16.3 Å². The monoisotopic (exact) mass is 455 g/mol. The zero-order chi connectivity index (χ0) is 21.6. The number of aryl methyl sites for hydroxylation is 2. The number of ketones is 1. The SMILES string of the molecule is COCCCn1c(SCC(=O)c2ccc3c(c2)CCCC3)nnc1-c1ccccc1Cl. The number of benzene rings is 2. The molecule has 0 aliphatic heterocycles. The largest absolute Gasteiger partial charge is 0.385 e. The molecule has 0 unspecified atom stereocenters. The smallest absolute Gasteiger partial charge is 0.191 e. The number of nitrogens with zero attached hydrogens (tertiary/aromatic N) is 3. The van der Waals surface area contributed by atoms with Gasteiger partial charge in [0.1, 0.15) is 0 Å². The molecule has 0 bridgehead atoms. The van der Waals surface area contributed by atoms with Crippen molar-refractivity contribution < 1.29 is 9.53 Å². The number of Topliss-reactive ketones (excluding diaryl/α,β-unsaturated/α-hetero) is 1. The molecule has 1 aliphatic carbocycles. The van der Waals surface area contributed by atoms with Crippen molar-refractivity contribution in [2.75, 3.05) is 19.5 Å². The van der Waals surface area contributed by atoms with Gasteiger partial charge in [0.05, 0.1) is 10.8 Å². The Hall–Kier alpha value is -2.15. The lowest BCUT2D eigenvalue weighted by Gasteiger charge is -2.16. The molecule has 31 heavy (non-hydrogen) atoms. The van der Waals surface area contributed by atoms with Gasteiger partial charge in [0.25, 0.3) is 0 Å². The molecular weight excluding hydrogens is 430 g/mol. The second kappa shape index (κ2) is 10.4. The van der Waals surface area contributed by atoms with Crippen molar-refractivity contribution in [1.29, 1.82) is 0 Å². The topological polar surface area (TPSA) is 57.0 Å². The highest BCUT2D eigenvalue weighted by Crippen LogP contribution is 2.30. The molecule has 0 saturated heterocycles. The van der Waals surface area contributed by atoms with E-state index in [1.165, 1.54) is 35.7 Å². The summed E-state index contributed by atoms with van der Waals surface area (Å²) in [6.45, 7) is 1.33. The number of fused-ring (bicyclic) bond motifs is 1. The minimum absolute atomic E-state index is 0.115. The van der Waals surface area contributed by atoms with E-state index in [-0.39, 0.29) is 5.78 Å². The molecule has 5 nitrogen and oxygen atoms in total. The summed E-state index contributed by atoms with van der Waals surface area (Å²) in [5.74, 6) is 1.15. The summed E-state index contributed by atoms with van der Waals surface area (Å²) in [5, 5.41) is 10.1. The number of carbonyl (C=O) groups is 1. The molecule has 1 heterocycles. The van der Waals surface area contributed by atoms with Crippen LogP contribution in [-0.2, 0) is 24.1 Å². The minimum atomic E-state index is 0.115. The number of hydrogen-bond donors (Lipinski definition) is 0. The van der Waals surface area contributed by atoms with Crippen molar-refractivity contribution in [2.45, 2.75) is 43.8 Å². The maximum Gasteiger partial charge on any atom is 0.191 e. The van der Waals surface area contributed by atoms with E-state index < -0.39 is 0 Å². The number of rotatable bonds is 9. The zero-order valence-electron chi connectivity index (χ0n) is 17.6. The number of carbonyl (C=O) groups excluding carboxylic acids is 1. The van der Waals surface area contributed by atoms with Gasteiger partial charge in [-0.1, -0.05) is 47.6 Å². The Morgan fingerprint density at radius 2 is 1.94 bits per heavy atom. The third kappa shape index (κ3) is 5.20. The average Bonchev–Trinajstić information content (AvgIpc) is 3.20. The number of aromatic nitrogens is 3. The van der Waals surface area contributed by atoms with Crippen molar-refractivity contribution in [3.8, 4) is 11.4 Å². The molecule has 4 rings (SSSR count). The second-order valence-electron chi connectivity index (χ2n) is 7.69. The Morgan fingerprint density at radius 3 is 2.74 bits per heavy atom. The van der Waals surface area contributed by atoms with Crippen molar-refractivity contribution in [1.82, 2.24) is 14.8 Å². The van der Waals surface area contributed by atoms with Gasteiger partial charge in [-0.15, -0.1) is 10.2 Å². The van der Waals surface area contributed by atoms with Gasteiger partial charge in [-0.25, -0.2) is 0 Å². The van der Waals surface area contributed by atoms with Crippen LogP contribution in [0.5, 0.6) is 0 Å². The molecule has 162 valence electrons. The van der Waals surface area contributed by atoms with Crippen LogP contribution < -0.4 is 0 Å². The van der Waals surface area contributed by atoms with Crippen LogP contribution in [0.4, 0.5) is 0 Å². The summed E-state index contributed by atoms with van der Waals surface area (Å²) in [4.78, 5) is 12.9. The Labute approximate surface area is 192 Å². The molecule has 0 saturated carbocycles.